The highest BCUT2D eigenvalue weighted by molar-refractivity contribution is 6.10. The lowest BCUT2D eigenvalue weighted by molar-refractivity contribution is 0.483. The third kappa shape index (κ3) is 4.81. The summed E-state index contributed by atoms with van der Waals surface area (Å²) >= 11 is 0. The van der Waals surface area contributed by atoms with Crippen LogP contribution in [-0.2, 0) is 5.41 Å². The van der Waals surface area contributed by atoms with E-state index in [1.165, 1.54) is 11.1 Å². The van der Waals surface area contributed by atoms with Gasteiger partial charge >= 0.3 is 0 Å². The minimum Gasteiger partial charge on any atom is -0.457 e. The molecule has 5 heteroatoms. The zero-order valence-electron chi connectivity index (χ0n) is 28.9. The van der Waals surface area contributed by atoms with Gasteiger partial charge in [-0.15, -0.1) is 0 Å². The molecule has 0 aliphatic heterocycles. The van der Waals surface area contributed by atoms with Gasteiger partial charge in [0.15, 0.2) is 0 Å². The average Bonchev–Trinajstić information content (AvgIpc) is 3.67. The molecule has 3 heterocycles. The third-order valence-electron chi connectivity index (χ3n) is 8.59. The van der Waals surface area contributed by atoms with E-state index in [1.807, 2.05) is 53.2 Å². The van der Waals surface area contributed by atoms with Crippen molar-refractivity contribution in [1.82, 2.24) is 19.1 Å². The Morgan fingerprint density at radius 3 is 2.35 bits per heavy atom. The summed E-state index contributed by atoms with van der Waals surface area (Å²) in [7, 11) is 0. The number of aryl methyl sites for hydroxylation is 1. The predicted octanol–water partition coefficient (Wildman–Crippen LogP) is 10.6. The van der Waals surface area contributed by atoms with E-state index in [2.05, 4.69) is 97.1 Å². The number of fused-ring (bicyclic) bond motifs is 4. The van der Waals surface area contributed by atoms with Crippen LogP contribution in [0.5, 0.6) is 11.5 Å². The number of imidazole rings is 1. The summed E-state index contributed by atoms with van der Waals surface area (Å²) in [5.41, 5.74) is 7.77. The molecule has 0 spiro atoms. The molecule has 5 aromatic carbocycles. The summed E-state index contributed by atoms with van der Waals surface area (Å²) in [6, 6.07) is 40.5. The van der Waals surface area contributed by atoms with Gasteiger partial charge in [0.05, 0.1) is 27.8 Å². The van der Waals surface area contributed by atoms with E-state index in [4.69, 9.17) is 13.8 Å². The van der Waals surface area contributed by atoms with Crippen molar-refractivity contribution in [1.29, 1.82) is 0 Å². The Morgan fingerprint density at radius 2 is 1.50 bits per heavy atom. The van der Waals surface area contributed by atoms with Gasteiger partial charge in [-0.2, -0.15) is 0 Å². The molecule has 3 aromatic heterocycles. The van der Waals surface area contributed by atoms with Crippen molar-refractivity contribution in [3.05, 3.63) is 145 Å². The van der Waals surface area contributed by atoms with Crippen molar-refractivity contribution in [3.8, 4) is 34.1 Å². The highest BCUT2D eigenvalue weighted by Gasteiger charge is 2.19. The van der Waals surface area contributed by atoms with Crippen molar-refractivity contribution in [2.75, 3.05) is 0 Å². The van der Waals surface area contributed by atoms with Gasteiger partial charge < -0.3 is 4.74 Å². The lowest BCUT2D eigenvalue weighted by Gasteiger charge is -2.20. The van der Waals surface area contributed by atoms with Crippen LogP contribution in [0.3, 0.4) is 0 Å². The van der Waals surface area contributed by atoms with Crippen LogP contribution in [0, 0.1) is 6.85 Å². The second-order valence-corrected chi connectivity index (χ2v) is 12.7. The fourth-order valence-corrected chi connectivity index (χ4v) is 6.21. The van der Waals surface area contributed by atoms with Crippen LogP contribution in [0.2, 0.25) is 0 Å². The van der Waals surface area contributed by atoms with Gasteiger partial charge in [-0.1, -0.05) is 75.4 Å². The van der Waals surface area contributed by atoms with Crippen LogP contribution >= 0.6 is 0 Å². The van der Waals surface area contributed by atoms with E-state index in [9.17, 15) is 0 Å². The normalized spacial score (nSPS) is 13.2. The Bertz CT molecular complexity index is 2510. The van der Waals surface area contributed by atoms with E-state index >= 15 is 0 Å². The summed E-state index contributed by atoms with van der Waals surface area (Å²) in [6.45, 7) is 4.38. The second kappa shape index (κ2) is 10.7. The van der Waals surface area contributed by atoms with Gasteiger partial charge in [-0.05, 0) is 89.1 Å². The molecule has 46 heavy (non-hydrogen) atoms. The maximum atomic E-state index is 7.94. The van der Waals surface area contributed by atoms with Gasteiger partial charge in [-0.3, -0.25) is 9.13 Å². The molecule has 0 radical (unpaired) electrons. The van der Waals surface area contributed by atoms with Crippen molar-refractivity contribution >= 4 is 32.8 Å². The molecule has 0 fully saturated rings. The third-order valence-corrected chi connectivity index (χ3v) is 8.59. The molecule has 0 atom stereocenters. The molecule has 0 amide bonds. The van der Waals surface area contributed by atoms with Crippen LogP contribution < -0.4 is 4.74 Å². The van der Waals surface area contributed by atoms with E-state index in [0.717, 1.165) is 44.4 Å². The molecule has 0 N–H and O–H groups in total. The standard InChI is InChI=1S/C41H34N4O/c1-27-10-8-15-37-40(27)43-26-44(37)31-13-9-14-32(24-31)46-33-17-18-34-35-22-29(28-11-6-5-7-12-28)16-19-36(35)45(38(34)25-33)39-23-30(20-21-42-39)41(2,3)4/h5-26H,1-4H3/i1D3. The number of hydrogen-bond acceptors (Lipinski definition) is 3. The Morgan fingerprint density at radius 1 is 0.652 bits per heavy atom. The summed E-state index contributed by atoms with van der Waals surface area (Å²) in [4.78, 5) is 9.32. The van der Waals surface area contributed by atoms with Crippen LogP contribution in [0.25, 0.3) is 55.5 Å². The Hall–Kier alpha value is -5.68. The number of hydrogen-bond donors (Lipinski definition) is 0. The van der Waals surface area contributed by atoms with Crippen LogP contribution in [0.15, 0.2) is 134 Å². The SMILES string of the molecule is [2H]C([2H])([2H])c1cccc2c1ncn2-c1cccc(Oc2ccc3c4cc(-c5ccccc5)ccc4n(-c4cc(C(C)(C)C)ccn4)c3c2)c1. The second-order valence-electron chi connectivity index (χ2n) is 12.7. The average molecular weight is 602 g/mol. The molecule has 0 aliphatic carbocycles. The number of pyridine rings is 1. The molecule has 5 nitrogen and oxygen atoms in total. The smallest absolute Gasteiger partial charge is 0.137 e. The Balaban J connectivity index is 1.24. The summed E-state index contributed by atoms with van der Waals surface area (Å²) in [5.74, 6) is 2.18. The van der Waals surface area contributed by atoms with E-state index in [-0.39, 0.29) is 11.0 Å². The van der Waals surface area contributed by atoms with Gasteiger partial charge in [0.1, 0.15) is 23.6 Å². The highest BCUT2D eigenvalue weighted by atomic mass is 16.5. The zero-order valence-corrected chi connectivity index (χ0v) is 25.9. The number of para-hydroxylation sites is 1. The number of aromatic nitrogens is 4. The zero-order chi connectivity index (χ0) is 33.9. The van der Waals surface area contributed by atoms with Gasteiger partial charge in [-0.25, -0.2) is 9.97 Å². The number of nitrogens with zero attached hydrogens (tertiary/aromatic N) is 4. The van der Waals surface area contributed by atoms with Gasteiger partial charge in [0.2, 0.25) is 0 Å². The van der Waals surface area contributed by atoms with Crippen LogP contribution in [0.4, 0.5) is 0 Å². The summed E-state index contributed by atoms with van der Waals surface area (Å²) in [6.07, 6.45) is 3.55. The molecule has 0 saturated heterocycles. The maximum absolute atomic E-state index is 7.94. The Kier molecular flexibility index (Phi) is 5.75. The van der Waals surface area contributed by atoms with Crippen molar-refractivity contribution in [2.24, 2.45) is 0 Å². The quantitative estimate of drug-likeness (QED) is 0.197. The summed E-state index contributed by atoms with van der Waals surface area (Å²) < 4.78 is 34.4. The minimum absolute atomic E-state index is 0.0366. The van der Waals surface area contributed by atoms with Crippen molar-refractivity contribution in [3.63, 3.8) is 0 Å². The highest BCUT2D eigenvalue weighted by Crippen LogP contribution is 2.38. The number of rotatable bonds is 5. The fraction of sp³-hybridized carbons (Fsp3) is 0.122. The molecule has 0 aliphatic rings. The lowest BCUT2D eigenvalue weighted by atomic mass is 9.88. The predicted molar refractivity (Wildman–Crippen MR) is 189 cm³/mol. The first kappa shape index (κ1) is 24.6. The van der Waals surface area contributed by atoms with Crippen LogP contribution in [-0.4, -0.2) is 19.1 Å². The first-order chi connectivity index (χ1) is 23.5. The first-order valence-corrected chi connectivity index (χ1v) is 15.4. The first-order valence-electron chi connectivity index (χ1n) is 16.9. The molecule has 0 saturated carbocycles. The summed E-state index contributed by atoms with van der Waals surface area (Å²) in [5, 5.41) is 2.24. The van der Waals surface area contributed by atoms with E-state index in [0.29, 0.717) is 17.0 Å². The Labute approximate surface area is 272 Å². The van der Waals surface area contributed by atoms with Crippen molar-refractivity contribution < 1.29 is 8.85 Å². The largest absolute Gasteiger partial charge is 0.457 e. The van der Waals surface area contributed by atoms with Crippen LogP contribution in [0.1, 0.15) is 36.0 Å². The molecule has 0 unspecified atom stereocenters. The van der Waals surface area contributed by atoms with E-state index < -0.39 is 6.85 Å². The van der Waals surface area contributed by atoms with E-state index in [1.54, 1.807) is 18.5 Å². The molecule has 8 aromatic rings. The maximum Gasteiger partial charge on any atom is 0.137 e. The molecule has 0 bridgehead atoms. The molecule has 224 valence electrons. The van der Waals surface area contributed by atoms with Gasteiger partial charge in [0.25, 0.3) is 0 Å². The number of ether oxygens (including phenoxy) is 1. The fourth-order valence-electron chi connectivity index (χ4n) is 6.21. The molecular formula is C41H34N4O. The lowest BCUT2D eigenvalue weighted by Crippen LogP contribution is -2.12. The van der Waals surface area contributed by atoms with Crippen molar-refractivity contribution in [2.45, 2.75) is 33.0 Å². The topological polar surface area (TPSA) is 44.9 Å². The molecular weight excluding hydrogens is 564 g/mol. The minimum atomic E-state index is -2.25. The molecule has 8 rings (SSSR count). The monoisotopic (exact) mass is 601 g/mol. The number of benzene rings is 5. The van der Waals surface area contributed by atoms with Gasteiger partial charge in [0, 0.05) is 33.2 Å².